The lowest BCUT2D eigenvalue weighted by atomic mass is 9.94. The molecular formula is C22H25F2N7OS. The van der Waals surface area contributed by atoms with Crippen molar-refractivity contribution in [2.24, 2.45) is 5.92 Å². The van der Waals surface area contributed by atoms with Gasteiger partial charge in [-0.25, -0.2) is 18.4 Å². The zero-order valence-electron chi connectivity index (χ0n) is 18.0. The number of rotatable bonds is 6. The van der Waals surface area contributed by atoms with E-state index in [2.05, 4.69) is 25.6 Å². The summed E-state index contributed by atoms with van der Waals surface area (Å²) in [6.07, 6.45) is 5.08. The highest BCUT2D eigenvalue weighted by molar-refractivity contribution is 7.19. The van der Waals surface area contributed by atoms with E-state index in [0.717, 1.165) is 68.4 Å². The Hall–Kier alpha value is -3.05. The fourth-order valence-corrected chi connectivity index (χ4v) is 5.37. The van der Waals surface area contributed by atoms with E-state index in [0.29, 0.717) is 11.6 Å². The summed E-state index contributed by atoms with van der Waals surface area (Å²) in [5, 5.41) is 10.7. The maximum Gasteiger partial charge on any atom is 0.277 e. The van der Waals surface area contributed by atoms with Gasteiger partial charge in [0.25, 0.3) is 5.91 Å². The number of carbonyl (C=O) groups excluding carboxylic acids is 1. The van der Waals surface area contributed by atoms with Gasteiger partial charge in [0.2, 0.25) is 0 Å². The molecule has 2 aliphatic heterocycles. The average Bonchev–Trinajstić information content (AvgIpc) is 3.49. The Morgan fingerprint density at radius 1 is 1.24 bits per heavy atom. The van der Waals surface area contributed by atoms with Crippen LogP contribution in [0.15, 0.2) is 24.4 Å². The number of nitrogens with one attached hydrogen (secondary N) is 2. The summed E-state index contributed by atoms with van der Waals surface area (Å²) in [6.45, 7) is 4.63. The number of nitrogens with two attached hydrogens (primary N) is 1. The Morgan fingerprint density at radius 3 is 2.76 bits per heavy atom. The minimum absolute atomic E-state index is 0.0251. The third-order valence-electron chi connectivity index (χ3n) is 6.25. The van der Waals surface area contributed by atoms with Crippen molar-refractivity contribution in [1.29, 1.82) is 0 Å². The number of fused-ring (bicyclic) bond motifs is 1. The van der Waals surface area contributed by atoms with Gasteiger partial charge in [0.1, 0.15) is 27.3 Å². The predicted octanol–water partition coefficient (Wildman–Crippen LogP) is 3.33. The summed E-state index contributed by atoms with van der Waals surface area (Å²) in [5.74, 6) is -0.475. The van der Waals surface area contributed by atoms with Crippen LogP contribution in [0.2, 0.25) is 0 Å². The lowest BCUT2D eigenvalue weighted by Gasteiger charge is -2.26. The molecule has 0 atom stereocenters. The van der Waals surface area contributed by atoms with Crippen LogP contribution >= 0.6 is 11.3 Å². The molecule has 1 saturated heterocycles. The maximum atomic E-state index is 14.1. The molecule has 3 aromatic rings. The minimum Gasteiger partial charge on any atom is -0.389 e. The summed E-state index contributed by atoms with van der Waals surface area (Å²) in [5.41, 5.74) is 6.22. The maximum absolute atomic E-state index is 14.1. The van der Waals surface area contributed by atoms with Crippen LogP contribution in [0, 0.1) is 17.6 Å². The molecule has 5 rings (SSSR count). The van der Waals surface area contributed by atoms with Crippen molar-refractivity contribution in [2.45, 2.75) is 25.8 Å². The first-order valence-electron chi connectivity index (χ1n) is 11.0. The van der Waals surface area contributed by atoms with E-state index in [1.807, 2.05) is 4.68 Å². The zero-order chi connectivity index (χ0) is 22.9. The fraction of sp³-hybridized carbons (Fsp3) is 0.409. The second-order valence-electron chi connectivity index (χ2n) is 8.36. The standard InChI is InChI=1S/C22H25F2N7OS/c23-14-2-1-3-15(24)17(14)21-29-18(19(25)33-21)20(32)28-16-12-27-31-11-10-30(22(16)31)9-6-13-4-7-26-8-5-13/h1-3,12-13,26H,4-11,25H2,(H,28,32). The molecule has 0 radical (unpaired) electrons. The molecule has 1 fully saturated rings. The van der Waals surface area contributed by atoms with Crippen molar-refractivity contribution in [3.8, 4) is 10.6 Å². The number of hydrogen-bond donors (Lipinski definition) is 3. The second kappa shape index (κ2) is 9.06. The van der Waals surface area contributed by atoms with Crippen LogP contribution in [-0.4, -0.2) is 46.9 Å². The Kier molecular flexibility index (Phi) is 5.98. The van der Waals surface area contributed by atoms with Gasteiger partial charge in [-0.15, -0.1) is 0 Å². The predicted molar refractivity (Wildman–Crippen MR) is 124 cm³/mol. The molecule has 0 bridgehead atoms. The third kappa shape index (κ3) is 4.30. The van der Waals surface area contributed by atoms with E-state index in [1.165, 1.54) is 18.9 Å². The van der Waals surface area contributed by atoms with Gasteiger partial charge >= 0.3 is 0 Å². The van der Waals surface area contributed by atoms with Gasteiger partial charge in [-0.05, 0) is 50.4 Å². The fourth-order valence-electron chi connectivity index (χ4n) is 4.50. The number of piperidine rings is 1. The number of halogens is 2. The van der Waals surface area contributed by atoms with Crippen LogP contribution in [0.3, 0.4) is 0 Å². The molecule has 8 nitrogen and oxygen atoms in total. The molecule has 11 heteroatoms. The van der Waals surface area contributed by atoms with Crippen LogP contribution in [0.4, 0.5) is 25.3 Å². The zero-order valence-corrected chi connectivity index (χ0v) is 18.8. The van der Waals surface area contributed by atoms with Crippen molar-refractivity contribution >= 4 is 33.8 Å². The quantitative estimate of drug-likeness (QED) is 0.508. The average molecular weight is 474 g/mol. The van der Waals surface area contributed by atoms with E-state index >= 15 is 0 Å². The molecule has 4 N–H and O–H groups in total. The summed E-state index contributed by atoms with van der Waals surface area (Å²) >= 11 is 0.876. The van der Waals surface area contributed by atoms with Crippen molar-refractivity contribution in [1.82, 2.24) is 20.1 Å². The molecule has 4 heterocycles. The van der Waals surface area contributed by atoms with E-state index < -0.39 is 17.5 Å². The number of nitrogens with zero attached hydrogens (tertiary/aromatic N) is 4. The van der Waals surface area contributed by atoms with Gasteiger partial charge in [0, 0.05) is 13.1 Å². The van der Waals surface area contributed by atoms with E-state index in [9.17, 15) is 13.6 Å². The summed E-state index contributed by atoms with van der Waals surface area (Å²) in [4.78, 5) is 19.4. The van der Waals surface area contributed by atoms with Gasteiger partial charge in [-0.2, -0.15) is 5.10 Å². The van der Waals surface area contributed by atoms with Gasteiger partial charge in [-0.1, -0.05) is 17.4 Å². The van der Waals surface area contributed by atoms with Gasteiger partial charge in [0.05, 0.1) is 18.3 Å². The lowest BCUT2D eigenvalue weighted by Crippen LogP contribution is -2.31. The lowest BCUT2D eigenvalue weighted by molar-refractivity contribution is 0.102. The molecule has 2 aromatic heterocycles. The normalized spacial score (nSPS) is 16.2. The molecule has 2 aliphatic rings. The SMILES string of the molecule is Nc1sc(-c2c(F)cccc2F)nc1C(=O)Nc1cnn2c1N(CCC1CCNCC1)CC2. The van der Waals surface area contributed by atoms with Gasteiger partial charge < -0.3 is 21.3 Å². The third-order valence-corrected chi connectivity index (χ3v) is 7.15. The Morgan fingerprint density at radius 2 is 2.00 bits per heavy atom. The smallest absolute Gasteiger partial charge is 0.277 e. The van der Waals surface area contributed by atoms with Crippen molar-refractivity contribution in [3.63, 3.8) is 0 Å². The van der Waals surface area contributed by atoms with Crippen LogP contribution in [-0.2, 0) is 6.54 Å². The van der Waals surface area contributed by atoms with Crippen LogP contribution in [0.5, 0.6) is 0 Å². The molecular weight excluding hydrogens is 448 g/mol. The Labute approximate surface area is 193 Å². The number of aromatic nitrogens is 3. The Bertz CT molecular complexity index is 1150. The van der Waals surface area contributed by atoms with E-state index in [1.54, 1.807) is 6.20 Å². The number of nitrogen functional groups attached to an aromatic ring is 1. The summed E-state index contributed by atoms with van der Waals surface area (Å²) in [7, 11) is 0. The highest BCUT2D eigenvalue weighted by Crippen LogP contribution is 2.35. The van der Waals surface area contributed by atoms with E-state index in [-0.39, 0.29) is 21.3 Å². The Balaban J connectivity index is 1.32. The molecule has 1 amide bonds. The van der Waals surface area contributed by atoms with Crippen LogP contribution in [0.1, 0.15) is 29.8 Å². The highest BCUT2D eigenvalue weighted by Gasteiger charge is 2.28. The number of thiazole rings is 1. The number of carbonyl (C=O) groups is 1. The van der Waals surface area contributed by atoms with Gasteiger partial charge in [-0.3, -0.25) is 4.79 Å². The first kappa shape index (κ1) is 21.8. The molecule has 33 heavy (non-hydrogen) atoms. The molecule has 0 aliphatic carbocycles. The molecule has 174 valence electrons. The number of amides is 1. The van der Waals surface area contributed by atoms with Crippen molar-refractivity contribution in [3.05, 3.63) is 41.7 Å². The minimum atomic E-state index is -0.755. The monoisotopic (exact) mass is 473 g/mol. The molecule has 0 saturated carbocycles. The first-order valence-corrected chi connectivity index (χ1v) is 11.9. The van der Waals surface area contributed by atoms with Gasteiger partial charge in [0.15, 0.2) is 11.5 Å². The largest absolute Gasteiger partial charge is 0.389 e. The van der Waals surface area contributed by atoms with E-state index in [4.69, 9.17) is 5.73 Å². The number of benzene rings is 1. The number of hydrogen-bond acceptors (Lipinski definition) is 7. The first-order chi connectivity index (χ1) is 16.0. The summed E-state index contributed by atoms with van der Waals surface area (Å²) < 4.78 is 30.2. The topological polar surface area (TPSA) is 101 Å². The van der Waals surface area contributed by atoms with Crippen molar-refractivity contribution in [2.75, 3.05) is 42.1 Å². The number of anilines is 3. The molecule has 0 spiro atoms. The second-order valence-corrected chi connectivity index (χ2v) is 9.39. The highest BCUT2D eigenvalue weighted by atomic mass is 32.1. The molecule has 0 unspecified atom stereocenters. The van der Waals surface area contributed by atoms with Crippen LogP contribution < -0.4 is 21.3 Å². The van der Waals surface area contributed by atoms with Crippen LogP contribution in [0.25, 0.3) is 10.6 Å². The molecule has 1 aromatic carbocycles. The van der Waals surface area contributed by atoms with Crippen molar-refractivity contribution < 1.29 is 13.6 Å². The summed E-state index contributed by atoms with van der Waals surface area (Å²) in [6, 6.07) is 3.56.